The lowest BCUT2D eigenvalue weighted by atomic mass is 10.2. The van der Waals surface area contributed by atoms with Crippen molar-refractivity contribution < 1.29 is 14.5 Å². The van der Waals surface area contributed by atoms with Crippen molar-refractivity contribution in [2.75, 3.05) is 17.7 Å². The molecular formula is C21H18N6O4S. The molecule has 0 aliphatic carbocycles. The number of carbonyl (C=O) groups excluding carboxylic acids is 1. The predicted octanol–water partition coefficient (Wildman–Crippen LogP) is 3.83. The maximum Gasteiger partial charge on any atom is 0.271 e. The molecule has 0 fully saturated rings. The molecule has 162 valence electrons. The van der Waals surface area contributed by atoms with E-state index in [4.69, 9.17) is 4.74 Å². The van der Waals surface area contributed by atoms with E-state index in [1.807, 2.05) is 31.2 Å². The first-order valence-corrected chi connectivity index (χ1v) is 10.6. The number of aromatic nitrogens is 4. The van der Waals surface area contributed by atoms with Gasteiger partial charge >= 0.3 is 0 Å². The average Bonchev–Trinajstić information content (AvgIpc) is 3.22. The fourth-order valence-corrected chi connectivity index (χ4v) is 3.58. The molecule has 0 bridgehead atoms. The quantitative estimate of drug-likeness (QED) is 0.244. The molecule has 1 amide bonds. The minimum Gasteiger partial charge on any atom is -0.494 e. The Kier molecular flexibility index (Phi) is 6.26. The number of nitro groups is 1. The van der Waals surface area contributed by atoms with Gasteiger partial charge in [-0.25, -0.2) is 0 Å². The molecule has 0 atom stereocenters. The van der Waals surface area contributed by atoms with Crippen LogP contribution in [0.2, 0.25) is 0 Å². The van der Waals surface area contributed by atoms with Crippen LogP contribution in [0.4, 0.5) is 11.4 Å². The molecule has 2 aromatic carbocycles. The summed E-state index contributed by atoms with van der Waals surface area (Å²) in [4.78, 5) is 22.6. The number of nitrogens with one attached hydrogen (secondary N) is 1. The summed E-state index contributed by atoms with van der Waals surface area (Å²) in [5.41, 5.74) is 1.69. The van der Waals surface area contributed by atoms with Crippen LogP contribution in [-0.2, 0) is 4.79 Å². The molecule has 0 saturated carbocycles. The number of amides is 1. The highest BCUT2D eigenvalue weighted by molar-refractivity contribution is 7.99. The summed E-state index contributed by atoms with van der Waals surface area (Å²) in [5, 5.41) is 27.0. The number of hydrogen-bond donors (Lipinski definition) is 1. The number of carbonyl (C=O) groups is 1. The zero-order valence-corrected chi connectivity index (χ0v) is 17.8. The SMILES string of the molecule is CCOc1ccc(-c2nnc3ccc(SCC(=O)Nc4cccc([N+](=O)[O-])c4)nn23)cc1. The number of fused-ring (bicyclic) bond motifs is 1. The molecule has 32 heavy (non-hydrogen) atoms. The number of hydrogen-bond acceptors (Lipinski definition) is 8. The standard InChI is InChI=1S/C21H18N6O4S/c1-2-31-17-8-6-14(7-9-17)21-24-23-18-10-11-20(25-26(18)21)32-13-19(28)22-15-4-3-5-16(12-15)27(29)30/h3-12H,2,13H2,1H3,(H,22,28). The Balaban J connectivity index is 1.46. The van der Waals surface area contributed by atoms with Crippen molar-refractivity contribution in [3.05, 3.63) is 70.8 Å². The van der Waals surface area contributed by atoms with E-state index in [2.05, 4.69) is 20.6 Å². The second kappa shape index (κ2) is 9.43. The van der Waals surface area contributed by atoms with E-state index in [0.717, 1.165) is 11.3 Å². The van der Waals surface area contributed by atoms with Crippen molar-refractivity contribution in [1.29, 1.82) is 0 Å². The van der Waals surface area contributed by atoms with Gasteiger partial charge in [0, 0.05) is 23.4 Å². The van der Waals surface area contributed by atoms with Gasteiger partial charge in [0.05, 0.1) is 17.3 Å². The lowest BCUT2D eigenvalue weighted by molar-refractivity contribution is -0.384. The first-order valence-electron chi connectivity index (χ1n) is 9.66. The fraction of sp³-hybridized carbons (Fsp3) is 0.143. The Morgan fingerprint density at radius 2 is 1.97 bits per heavy atom. The predicted molar refractivity (Wildman–Crippen MR) is 120 cm³/mol. The van der Waals surface area contributed by atoms with E-state index in [0.29, 0.717) is 28.8 Å². The number of thioether (sulfide) groups is 1. The van der Waals surface area contributed by atoms with E-state index >= 15 is 0 Å². The van der Waals surface area contributed by atoms with Crippen molar-refractivity contribution in [2.45, 2.75) is 11.9 Å². The van der Waals surface area contributed by atoms with Crippen LogP contribution in [0, 0.1) is 10.1 Å². The molecule has 0 spiro atoms. The summed E-state index contributed by atoms with van der Waals surface area (Å²) in [6.45, 7) is 2.51. The minimum atomic E-state index is -0.509. The largest absolute Gasteiger partial charge is 0.494 e. The van der Waals surface area contributed by atoms with Crippen molar-refractivity contribution in [3.63, 3.8) is 0 Å². The smallest absolute Gasteiger partial charge is 0.271 e. The molecule has 1 N–H and O–H groups in total. The maximum atomic E-state index is 12.3. The van der Waals surface area contributed by atoms with E-state index < -0.39 is 4.92 Å². The van der Waals surface area contributed by atoms with Gasteiger partial charge in [0.15, 0.2) is 11.5 Å². The summed E-state index contributed by atoms with van der Waals surface area (Å²) in [5.74, 6) is 1.13. The van der Waals surface area contributed by atoms with Crippen LogP contribution >= 0.6 is 11.8 Å². The molecule has 4 aromatic rings. The fourth-order valence-electron chi connectivity index (χ4n) is 2.93. The summed E-state index contributed by atoms with van der Waals surface area (Å²) in [6.07, 6.45) is 0. The summed E-state index contributed by atoms with van der Waals surface area (Å²) in [7, 11) is 0. The zero-order chi connectivity index (χ0) is 22.5. The van der Waals surface area contributed by atoms with Gasteiger partial charge in [0.1, 0.15) is 10.8 Å². The third kappa shape index (κ3) is 4.83. The van der Waals surface area contributed by atoms with Gasteiger partial charge in [0.25, 0.3) is 5.69 Å². The van der Waals surface area contributed by atoms with Crippen LogP contribution in [0.15, 0.2) is 65.7 Å². The topological polar surface area (TPSA) is 125 Å². The van der Waals surface area contributed by atoms with Crippen LogP contribution in [0.5, 0.6) is 5.75 Å². The van der Waals surface area contributed by atoms with Crippen LogP contribution in [0.3, 0.4) is 0 Å². The Morgan fingerprint density at radius 1 is 1.16 bits per heavy atom. The molecule has 10 nitrogen and oxygen atoms in total. The third-order valence-electron chi connectivity index (χ3n) is 4.35. The number of nitro benzene ring substituents is 1. The van der Waals surface area contributed by atoms with Gasteiger partial charge in [-0.05, 0) is 49.4 Å². The molecule has 2 aromatic heterocycles. The molecule has 4 rings (SSSR count). The maximum absolute atomic E-state index is 12.3. The molecule has 0 saturated heterocycles. The van der Waals surface area contributed by atoms with Gasteiger partial charge in [0.2, 0.25) is 5.91 Å². The lowest BCUT2D eigenvalue weighted by Crippen LogP contribution is -2.14. The monoisotopic (exact) mass is 450 g/mol. The number of ether oxygens (including phenoxy) is 1. The van der Waals surface area contributed by atoms with E-state index in [1.165, 1.54) is 30.0 Å². The number of non-ortho nitro benzene ring substituents is 1. The van der Waals surface area contributed by atoms with Crippen molar-refractivity contribution in [1.82, 2.24) is 19.8 Å². The van der Waals surface area contributed by atoms with Gasteiger partial charge < -0.3 is 10.1 Å². The Morgan fingerprint density at radius 3 is 2.72 bits per heavy atom. The minimum absolute atomic E-state index is 0.0850. The summed E-state index contributed by atoms with van der Waals surface area (Å²) in [6, 6.07) is 16.8. The number of anilines is 1. The van der Waals surface area contributed by atoms with Crippen LogP contribution < -0.4 is 10.1 Å². The Hall–Kier alpha value is -3.99. The van der Waals surface area contributed by atoms with Gasteiger partial charge in [-0.3, -0.25) is 14.9 Å². The molecule has 0 unspecified atom stereocenters. The highest BCUT2D eigenvalue weighted by Gasteiger charge is 2.12. The molecular weight excluding hydrogens is 432 g/mol. The van der Waals surface area contributed by atoms with E-state index in [9.17, 15) is 14.9 Å². The van der Waals surface area contributed by atoms with Gasteiger partial charge in [-0.15, -0.1) is 10.2 Å². The molecule has 2 heterocycles. The highest BCUT2D eigenvalue weighted by atomic mass is 32.2. The van der Waals surface area contributed by atoms with Gasteiger partial charge in [-0.2, -0.15) is 9.61 Å². The normalized spacial score (nSPS) is 10.8. The lowest BCUT2D eigenvalue weighted by Gasteiger charge is -2.06. The van der Waals surface area contributed by atoms with Crippen LogP contribution in [0.25, 0.3) is 17.0 Å². The van der Waals surface area contributed by atoms with Crippen molar-refractivity contribution >= 4 is 34.7 Å². The average molecular weight is 450 g/mol. The molecule has 0 aliphatic rings. The first-order chi connectivity index (χ1) is 15.5. The Labute approximate surface area is 186 Å². The number of rotatable bonds is 8. The van der Waals surface area contributed by atoms with Crippen molar-refractivity contribution in [2.24, 2.45) is 0 Å². The van der Waals surface area contributed by atoms with E-state index in [-0.39, 0.29) is 17.3 Å². The summed E-state index contributed by atoms with van der Waals surface area (Å²) < 4.78 is 7.09. The molecule has 0 aliphatic heterocycles. The second-order valence-corrected chi connectivity index (χ2v) is 7.56. The zero-order valence-electron chi connectivity index (χ0n) is 17.0. The highest BCUT2D eigenvalue weighted by Crippen LogP contribution is 2.23. The number of benzene rings is 2. The second-order valence-electron chi connectivity index (χ2n) is 6.57. The van der Waals surface area contributed by atoms with Gasteiger partial charge in [-0.1, -0.05) is 17.8 Å². The first kappa shape index (κ1) is 21.2. The molecule has 11 heteroatoms. The Bertz CT molecular complexity index is 1280. The molecule has 0 radical (unpaired) electrons. The third-order valence-corrected chi connectivity index (χ3v) is 5.27. The van der Waals surface area contributed by atoms with E-state index in [1.54, 1.807) is 22.7 Å². The van der Waals surface area contributed by atoms with Crippen molar-refractivity contribution in [3.8, 4) is 17.1 Å². The van der Waals surface area contributed by atoms with Crippen LogP contribution in [0.1, 0.15) is 6.92 Å². The van der Waals surface area contributed by atoms with Crippen LogP contribution in [-0.4, -0.2) is 43.0 Å². The number of nitrogens with zero attached hydrogens (tertiary/aromatic N) is 5. The summed E-state index contributed by atoms with van der Waals surface area (Å²) >= 11 is 1.24.